The lowest BCUT2D eigenvalue weighted by atomic mass is 10.1. The fourth-order valence-corrected chi connectivity index (χ4v) is 3.09. The second kappa shape index (κ2) is 9.23. The lowest BCUT2D eigenvalue weighted by Gasteiger charge is -2.16. The van der Waals surface area contributed by atoms with E-state index >= 15 is 0 Å². The van der Waals surface area contributed by atoms with Crippen LogP contribution < -0.4 is 10.1 Å². The van der Waals surface area contributed by atoms with Crippen molar-refractivity contribution < 1.29 is 19.1 Å². The van der Waals surface area contributed by atoms with Crippen LogP contribution in [0.3, 0.4) is 0 Å². The highest BCUT2D eigenvalue weighted by atomic mass is 16.5. The van der Waals surface area contributed by atoms with Crippen LogP contribution in [0.5, 0.6) is 5.75 Å². The molecule has 1 N–H and O–H groups in total. The zero-order valence-electron chi connectivity index (χ0n) is 16.7. The van der Waals surface area contributed by atoms with Crippen LogP contribution in [0.25, 0.3) is 0 Å². The van der Waals surface area contributed by atoms with Gasteiger partial charge in [0.25, 0.3) is 11.8 Å². The van der Waals surface area contributed by atoms with E-state index in [-0.39, 0.29) is 24.3 Å². The predicted octanol–water partition coefficient (Wildman–Crippen LogP) is 2.53. The van der Waals surface area contributed by atoms with Crippen LogP contribution in [0.2, 0.25) is 0 Å². The molecule has 1 saturated heterocycles. The van der Waals surface area contributed by atoms with Gasteiger partial charge in [0, 0.05) is 39.3 Å². The second-order valence-corrected chi connectivity index (χ2v) is 7.15. The van der Waals surface area contributed by atoms with Crippen molar-refractivity contribution in [2.24, 2.45) is 0 Å². The molecule has 0 atom stereocenters. The van der Waals surface area contributed by atoms with Crippen LogP contribution in [0.4, 0.5) is 5.69 Å². The molecule has 0 aliphatic carbocycles. The lowest BCUT2D eigenvalue weighted by molar-refractivity contribution is -0.131. The van der Waals surface area contributed by atoms with Crippen LogP contribution >= 0.6 is 0 Å². The smallest absolute Gasteiger partial charge is 0.259 e. The summed E-state index contributed by atoms with van der Waals surface area (Å²) >= 11 is 0. The maximum atomic E-state index is 12.8. The van der Waals surface area contributed by atoms with Gasteiger partial charge in [0.2, 0.25) is 5.91 Å². The Morgan fingerprint density at radius 2 is 1.93 bits per heavy atom. The van der Waals surface area contributed by atoms with E-state index in [2.05, 4.69) is 5.32 Å². The number of amides is 3. The van der Waals surface area contributed by atoms with Crippen molar-refractivity contribution in [1.29, 1.82) is 0 Å². The lowest BCUT2D eigenvalue weighted by Crippen LogP contribution is -2.28. The van der Waals surface area contributed by atoms with Crippen LogP contribution in [-0.4, -0.2) is 54.8 Å². The van der Waals surface area contributed by atoms with E-state index in [1.54, 1.807) is 44.4 Å². The zero-order valence-corrected chi connectivity index (χ0v) is 16.7. The molecule has 152 valence electrons. The first kappa shape index (κ1) is 20.4. The average Bonchev–Trinajstić information content (AvgIpc) is 3.11. The number of likely N-dealkylation sites (N-methyl/N-ethyl adjacent to an activating group) is 1. The van der Waals surface area contributed by atoms with Gasteiger partial charge >= 0.3 is 0 Å². The van der Waals surface area contributed by atoms with E-state index in [0.29, 0.717) is 30.0 Å². The molecular formula is C22H25N3O4. The molecule has 1 aliphatic heterocycles. The van der Waals surface area contributed by atoms with Crippen molar-refractivity contribution in [3.05, 3.63) is 59.7 Å². The van der Waals surface area contributed by atoms with Crippen molar-refractivity contribution in [3.63, 3.8) is 0 Å². The van der Waals surface area contributed by atoms with Gasteiger partial charge in [-0.1, -0.05) is 24.3 Å². The van der Waals surface area contributed by atoms with Gasteiger partial charge in [-0.3, -0.25) is 14.4 Å². The number of carbonyl (C=O) groups is 3. The van der Waals surface area contributed by atoms with Crippen molar-refractivity contribution in [2.45, 2.75) is 19.4 Å². The van der Waals surface area contributed by atoms with Gasteiger partial charge in [-0.2, -0.15) is 0 Å². The fourth-order valence-electron chi connectivity index (χ4n) is 3.09. The summed E-state index contributed by atoms with van der Waals surface area (Å²) in [6.45, 7) is 1.16. The quantitative estimate of drug-likeness (QED) is 0.781. The predicted molar refractivity (Wildman–Crippen MR) is 110 cm³/mol. The SMILES string of the molecule is CN(C)C(=O)COc1ccccc1C(=O)Nc1cccc(CN2CCCC2=O)c1. The van der Waals surface area contributed by atoms with Gasteiger partial charge in [0.05, 0.1) is 5.56 Å². The standard InChI is InChI=1S/C22H25N3O4/c1-24(2)21(27)15-29-19-10-4-3-9-18(19)22(28)23-17-8-5-7-16(13-17)14-25-12-6-11-20(25)26/h3-5,7-10,13H,6,11-12,14-15H2,1-2H3,(H,23,28). The molecule has 2 aromatic rings. The van der Waals surface area contributed by atoms with E-state index in [0.717, 1.165) is 18.5 Å². The van der Waals surface area contributed by atoms with E-state index in [9.17, 15) is 14.4 Å². The second-order valence-electron chi connectivity index (χ2n) is 7.15. The molecular weight excluding hydrogens is 370 g/mol. The number of benzene rings is 2. The normalized spacial score (nSPS) is 13.3. The molecule has 2 aromatic carbocycles. The Kier molecular flexibility index (Phi) is 6.49. The molecule has 1 fully saturated rings. The Morgan fingerprint density at radius 3 is 2.66 bits per heavy atom. The molecule has 0 radical (unpaired) electrons. The molecule has 3 rings (SSSR count). The molecule has 0 bridgehead atoms. The molecule has 29 heavy (non-hydrogen) atoms. The highest BCUT2D eigenvalue weighted by molar-refractivity contribution is 6.06. The van der Waals surface area contributed by atoms with E-state index in [1.165, 1.54) is 4.90 Å². The summed E-state index contributed by atoms with van der Waals surface area (Å²) in [5.41, 5.74) is 1.94. The number of ether oxygens (including phenoxy) is 1. The van der Waals surface area contributed by atoms with Crippen molar-refractivity contribution in [1.82, 2.24) is 9.80 Å². The number of carbonyl (C=O) groups excluding carboxylic acids is 3. The Labute approximate surface area is 170 Å². The third-order valence-corrected chi connectivity index (χ3v) is 4.71. The summed E-state index contributed by atoms with van der Waals surface area (Å²) in [7, 11) is 3.29. The molecule has 7 heteroatoms. The number of likely N-dealkylation sites (tertiary alicyclic amines) is 1. The number of nitrogens with one attached hydrogen (secondary N) is 1. The molecule has 0 unspecified atom stereocenters. The largest absolute Gasteiger partial charge is 0.483 e. The van der Waals surface area contributed by atoms with Crippen LogP contribution in [0, 0.1) is 0 Å². The summed E-state index contributed by atoms with van der Waals surface area (Å²) < 4.78 is 5.55. The zero-order chi connectivity index (χ0) is 20.8. The Morgan fingerprint density at radius 1 is 1.14 bits per heavy atom. The maximum absolute atomic E-state index is 12.8. The van der Waals surface area contributed by atoms with E-state index in [4.69, 9.17) is 4.74 Å². The van der Waals surface area contributed by atoms with Crippen LogP contribution in [0.15, 0.2) is 48.5 Å². The average molecular weight is 395 g/mol. The monoisotopic (exact) mass is 395 g/mol. The van der Waals surface area contributed by atoms with E-state index < -0.39 is 0 Å². The summed E-state index contributed by atoms with van der Waals surface area (Å²) in [5, 5.41) is 2.87. The molecule has 1 aliphatic rings. The highest BCUT2D eigenvalue weighted by Gasteiger charge is 2.20. The molecule has 0 spiro atoms. The molecule has 1 heterocycles. The van der Waals surface area contributed by atoms with Gasteiger partial charge < -0.3 is 19.9 Å². The van der Waals surface area contributed by atoms with Crippen molar-refractivity contribution in [3.8, 4) is 5.75 Å². The molecule has 0 saturated carbocycles. The number of hydrogen-bond acceptors (Lipinski definition) is 4. The number of nitrogens with zero attached hydrogens (tertiary/aromatic N) is 2. The fraction of sp³-hybridized carbons (Fsp3) is 0.318. The van der Waals surface area contributed by atoms with Crippen molar-refractivity contribution in [2.75, 3.05) is 32.6 Å². The van der Waals surface area contributed by atoms with Gasteiger partial charge in [-0.05, 0) is 36.2 Å². The topological polar surface area (TPSA) is 79.0 Å². The van der Waals surface area contributed by atoms with Gasteiger partial charge in [-0.25, -0.2) is 0 Å². The Hall–Kier alpha value is -3.35. The van der Waals surface area contributed by atoms with Crippen molar-refractivity contribution >= 4 is 23.4 Å². The number of hydrogen-bond donors (Lipinski definition) is 1. The van der Waals surface area contributed by atoms with Gasteiger partial charge in [0.15, 0.2) is 6.61 Å². The third-order valence-electron chi connectivity index (χ3n) is 4.71. The first-order valence-electron chi connectivity index (χ1n) is 9.54. The number of para-hydroxylation sites is 1. The Bertz CT molecular complexity index is 910. The van der Waals surface area contributed by atoms with Crippen LogP contribution in [-0.2, 0) is 16.1 Å². The molecule has 7 nitrogen and oxygen atoms in total. The first-order chi connectivity index (χ1) is 13.9. The minimum absolute atomic E-state index is 0.142. The van der Waals surface area contributed by atoms with Gasteiger partial charge in [-0.15, -0.1) is 0 Å². The summed E-state index contributed by atoms with van der Waals surface area (Å²) in [6, 6.07) is 14.2. The summed E-state index contributed by atoms with van der Waals surface area (Å²) in [4.78, 5) is 39.6. The van der Waals surface area contributed by atoms with Gasteiger partial charge in [0.1, 0.15) is 5.75 Å². The summed E-state index contributed by atoms with van der Waals surface area (Å²) in [5.74, 6) is -0.00604. The molecule has 0 aromatic heterocycles. The molecule has 3 amide bonds. The summed E-state index contributed by atoms with van der Waals surface area (Å²) in [6.07, 6.45) is 1.49. The van der Waals surface area contributed by atoms with Crippen LogP contribution in [0.1, 0.15) is 28.8 Å². The highest BCUT2D eigenvalue weighted by Crippen LogP contribution is 2.21. The minimum atomic E-state index is -0.327. The first-order valence-corrected chi connectivity index (χ1v) is 9.54. The maximum Gasteiger partial charge on any atom is 0.259 e. The number of rotatable bonds is 7. The third kappa shape index (κ3) is 5.34. The minimum Gasteiger partial charge on any atom is -0.483 e. The Balaban J connectivity index is 1.68. The van der Waals surface area contributed by atoms with E-state index in [1.807, 2.05) is 23.1 Å². The number of anilines is 1.